The quantitative estimate of drug-likeness (QED) is 0.853. The Morgan fingerprint density at radius 2 is 1.62 bits per heavy atom. The van der Waals surface area contributed by atoms with Crippen LogP contribution in [0.3, 0.4) is 0 Å². The monoisotopic (exact) mass is 333 g/mol. The van der Waals surface area contributed by atoms with Crippen LogP contribution in [0, 0.1) is 5.92 Å². The summed E-state index contributed by atoms with van der Waals surface area (Å²) >= 11 is 0. The summed E-state index contributed by atoms with van der Waals surface area (Å²) in [5.41, 5.74) is 0.565. The van der Waals surface area contributed by atoms with Gasteiger partial charge in [0.2, 0.25) is 5.91 Å². The van der Waals surface area contributed by atoms with Crippen molar-refractivity contribution in [3.8, 4) is 11.5 Å². The van der Waals surface area contributed by atoms with Crippen LogP contribution < -0.4 is 14.8 Å². The van der Waals surface area contributed by atoms with Crippen molar-refractivity contribution in [3.05, 3.63) is 23.8 Å². The summed E-state index contributed by atoms with van der Waals surface area (Å²) in [6.45, 7) is 3.83. The zero-order chi connectivity index (χ0) is 17.1. The van der Waals surface area contributed by atoms with Crippen LogP contribution in [0.15, 0.2) is 18.2 Å². The van der Waals surface area contributed by atoms with Crippen LogP contribution in [0.5, 0.6) is 11.5 Å². The number of nitrogens with zero attached hydrogens (tertiary/aromatic N) is 2. The van der Waals surface area contributed by atoms with Crippen molar-refractivity contribution < 1.29 is 19.1 Å². The van der Waals surface area contributed by atoms with E-state index in [2.05, 4.69) is 5.32 Å². The highest BCUT2D eigenvalue weighted by atomic mass is 16.5. The fourth-order valence-corrected chi connectivity index (χ4v) is 3.00. The van der Waals surface area contributed by atoms with Gasteiger partial charge in [-0.1, -0.05) is 0 Å². The molecule has 0 aromatic heterocycles. The van der Waals surface area contributed by atoms with Gasteiger partial charge in [0.15, 0.2) is 11.5 Å². The summed E-state index contributed by atoms with van der Waals surface area (Å²) in [5.74, 6) is 1.40. The van der Waals surface area contributed by atoms with E-state index in [1.165, 1.54) is 0 Å². The fourth-order valence-electron chi connectivity index (χ4n) is 3.00. The third-order valence-electron chi connectivity index (χ3n) is 4.64. The molecule has 2 aliphatic rings. The Labute approximate surface area is 141 Å². The van der Waals surface area contributed by atoms with Crippen molar-refractivity contribution in [2.24, 2.45) is 5.92 Å². The summed E-state index contributed by atoms with van der Waals surface area (Å²) in [5, 5.41) is 3.12. The van der Waals surface area contributed by atoms with Crippen LogP contribution in [0.2, 0.25) is 0 Å². The summed E-state index contributed by atoms with van der Waals surface area (Å²) in [6, 6.07) is 5.16. The van der Waals surface area contributed by atoms with E-state index in [-0.39, 0.29) is 17.7 Å². The molecule has 1 N–H and O–H groups in total. The number of methoxy groups -OCH3 is 2. The maximum absolute atomic E-state index is 12.7. The zero-order valence-electron chi connectivity index (χ0n) is 14.1. The first-order valence-corrected chi connectivity index (χ1v) is 8.15. The molecular formula is C17H23N3O4. The van der Waals surface area contributed by atoms with E-state index in [0.717, 1.165) is 13.1 Å². The molecule has 0 aliphatic carbocycles. The van der Waals surface area contributed by atoms with Crippen molar-refractivity contribution in [1.82, 2.24) is 15.1 Å². The standard InChI is InChI=1S/C17H23N3O4/c1-23-14-4-3-12(9-15(14)24-2)16(21)19-5-7-20(8-6-19)17(22)13-10-18-11-13/h3-4,9,13,18H,5-8,10-11H2,1-2H3. The first-order chi connectivity index (χ1) is 11.6. The number of carbonyl (C=O) groups is 2. The molecular weight excluding hydrogens is 310 g/mol. The number of benzene rings is 1. The largest absolute Gasteiger partial charge is 0.493 e. The maximum Gasteiger partial charge on any atom is 0.254 e. The van der Waals surface area contributed by atoms with Crippen LogP contribution in [-0.2, 0) is 4.79 Å². The summed E-state index contributed by atoms with van der Waals surface area (Å²) < 4.78 is 10.4. The molecule has 2 fully saturated rings. The predicted molar refractivity (Wildman–Crippen MR) is 88.4 cm³/mol. The van der Waals surface area contributed by atoms with E-state index < -0.39 is 0 Å². The maximum atomic E-state index is 12.7. The SMILES string of the molecule is COc1ccc(C(=O)N2CCN(C(=O)C3CNC3)CC2)cc1OC. The molecule has 0 saturated carbocycles. The van der Waals surface area contributed by atoms with Gasteiger partial charge in [0.1, 0.15) is 0 Å². The van der Waals surface area contributed by atoms with Gasteiger partial charge in [-0.15, -0.1) is 0 Å². The van der Waals surface area contributed by atoms with Crippen LogP contribution in [-0.4, -0.2) is 75.1 Å². The normalized spacial score (nSPS) is 18.1. The van der Waals surface area contributed by atoms with Gasteiger partial charge < -0.3 is 24.6 Å². The molecule has 0 bridgehead atoms. The van der Waals surface area contributed by atoms with Crippen molar-refractivity contribution in [2.75, 3.05) is 53.5 Å². The van der Waals surface area contributed by atoms with Crippen LogP contribution >= 0.6 is 0 Å². The molecule has 0 radical (unpaired) electrons. The average Bonchev–Trinajstić information content (AvgIpc) is 2.59. The minimum Gasteiger partial charge on any atom is -0.493 e. The molecule has 2 heterocycles. The van der Waals surface area contributed by atoms with Gasteiger partial charge >= 0.3 is 0 Å². The minimum atomic E-state index is -0.0478. The number of hydrogen-bond acceptors (Lipinski definition) is 5. The van der Waals surface area contributed by atoms with Gasteiger partial charge in [-0.2, -0.15) is 0 Å². The second-order valence-electron chi connectivity index (χ2n) is 6.04. The Morgan fingerprint density at radius 3 is 2.17 bits per heavy atom. The highest BCUT2D eigenvalue weighted by molar-refractivity contribution is 5.95. The molecule has 7 heteroatoms. The number of hydrogen-bond donors (Lipinski definition) is 1. The summed E-state index contributed by atoms with van der Waals surface area (Å²) in [7, 11) is 3.11. The van der Waals surface area contributed by atoms with E-state index >= 15 is 0 Å². The molecule has 0 spiro atoms. The third-order valence-corrected chi connectivity index (χ3v) is 4.64. The van der Waals surface area contributed by atoms with Crippen molar-refractivity contribution in [1.29, 1.82) is 0 Å². The highest BCUT2D eigenvalue weighted by Crippen LogP contribution is 2.28. The van der Waals surface area contributed by atoms with E-state index in [4.69, 9.17) is 9.47 Å². The molecule has 0 atom stereocenters. The van der Waals surface area contributed by atoms with Crippen molar-refractivity contribution >= 4 is 11.8 Å². The second kappa shape index (κ2) is 7.09. The Balaban J connectivity index is 1.61. The van der Waals surface area contributed by atoms with Crippen molar-refractivity contribution in [3.63, 3.8) is 0 Å². The highest BCUT2D eigenvalue weighted by Gasteiger charge is 2.32. The molecule has 2 amide bonds. The Kier molecular flexibility index (Phi) is 4.89. The average molecular weight is 333 g/mol. The van der Waals surface area contributed by atoms with Gasteiger partial charge in [-0.25, -0.2) is 0 Å². The third kappa shape index (κ3) is 3.17. The minimum absolute atomic E-state index is 0.0478. The summed E-state index contributed by atoms with van der Waals surface area (Å²) in [4.78, 5) is 28.5. The topological polar surface area (TPSA) is 71.1 Å². The number of piperazine rings is 1. The van der Waals surface area contributed by atoms with Crippen molar-refractivity contribution in [2.45, 2.75) is 0 Å². The Morgan fingerprint density at radius 1 is 1.00 bits per heavy atom. The first-order valence-electron chi connectivity index (χ1n) is 8.15. The lowest BCUT2D eigenvalue weighted by atomic mass is 10.0. The van der Waals surface area contributed by atoms with Crippen LogP contribution in [0.4, 0.5) is 0 Å². The Hall–Kier alpha value is -2.28. The van der Waals surface area contributed by atoms with Crippen LogP contribution in [0.25, 0.3) is 0 Å². The van der Waals surface area contributed by atoms with Gasteiger partial charge in [-0.3, -0.25) is 9.59 Å². The summed E-state index contributed by atoms with van der Waals surface area (Å²) in [6.07, 6.45) is 0. The zero-order valence-corrected chi connectivity index (χ0v) is 14.1. The predicted octanol–water partition coefficient (Wildman–Crippen LogP) is 0.208. The number of ether oxygens (including phenoxy) is 2. The van der Waals surface area contributed by atoms with Gasteiger partial charge in [0.05, 0.1) is 20.1 Å². The lowest BCUT2D eigenvalue weighted by Crippen LogP contribution is -2.57. The van der Waals surface area contributed by atoms with E-state index in [1.807, 2.05) is 4.90 Å². The number of amides is 2. The molecule has 2 saturated heterocycles. The second-order valence-corrected chi connectivity index (χ2v) is 6.04. The molecule has 2 aliphatic heterocycles. The van der Waals surface area contributed by atoms with Gasteiger partial charge in [0, 0.05) is 44.8 Å². The number of rotatable bonds is 4. The first kappa shape index (κ1) is 16.6. The van der Waals surface area contributed by atoms with Crippen LogP contribution in [0.1, 0.15) is 10.4 Å². The molecule has 1 aromatic rings. The molecule has 24 heavy (non-hydrogen) atoms. The fraction of sp³-hybridized carbons (Fsp3) is 0.529. The molecule has 7 nitrogen and oxygen atoms in total. The lowest BCUT2D eigenvalue weighted by molar-refractivity contribution is -0.138. The Bertz CT molecular complexity index is 622. The number of carbonyl (C=O) groups excluding carboxylic acids is 2. The molecule has 130 valence electrons. The molecule has 1 aromatic carbocycles. The molecule has 3 rings (SSSR count). The lowest BCUT2D eigenvalue weighted by Gasteiger charge is -2.38. The van der Waals surface area contributed by atoms with Gasteiger partial charge in [0.25, 0.3) is 5.91 Å². The van der Waals surface area contributed by atoms with E-state index in [9.17, 15) is 9.59 Å². The van der Waals surface area contributed by atoms with Gasteiger partial charge in [-0.05, 0) is 18.2 Å². The number of nitrogens with one attached hydrogen (secondary N) is 1. The molecule has 0 unspecified atom stereocenters. The van der Waals surface area contributed by atoms with E-state index in [1.54, 1.807) is 37.3 Å². The van der Waals surface area contributed by atoms with E-state index in [0.29, 0.717) is 43.2 Å². The smallest absolute Gasteiger partial charge is 0.254 e.